The maximum absolute atomic E-state index is 13.2. The first kappa shape index (κ1) is 44.5. The second-order valence-corrected chi connectivity index (χ2v) is 20.9. The van der Waals surface area contributed by atoms with Crippen molar-refractivity contribution in [2.45, 2.75) is 92.9 Å². The van der Waals surface area contributed by atoms with Gasteiger partial charge in [0.15, 0.2) is 10.1 Å². The van der Waals surface area contributed by atoms with Gasteiger partial charge < -0.3 is 18.9 Å². The lowest BCUT2D eigenvalue weighted by molar-refractivity contribution is 0.0518. The van der Waals surface area contributed by atoms with Crippen LogP contribution in [0, 0.1) is 11.8 Å². The first-order valence-corrected chi connectivity index (χ1v) is 26.3. The smallest absolute Gasteiger partial charge is 0.339 e. The summed E-state index contributed by atoms with van der Waals surface area (Å²) < 4.78 is 26.3. The molecule has 7 aromatic rings. The van der Waals surface area contributed by atoms with E-state index in [9.17, 15) is 9.59 Å². The summed E-state index contributed by atoms with van der Waals surface area (Å²) in [6.45, 7) is 14.7. The molecule has 6 aromatic heterocycles. The van der Waals surface area contributed by atoms with E-state index < -0.39 is 0 Å². The quantitative estimate of drug-likeness (QED) is 0.0631. The summed E-state index contributed by atoms with van der Waals surface area (Å²) in [7, 11) is 0. The minimum Gasteiger partial charge on any atom is -0.484 e. The lowest BCUT2D eigenvalue weighted by Gasteiger charge is -2.14. The number of thiophene rings is 6. The summed E-state index contributed by atoms with van der Waals surface area (Å²) in [6, 6.07) is 16.9. The fraction of sp³-hybridized carbons (Fsp3) is 0.417. The first-order valence-electron chi connectivity index (χ1n) is 21.3. The number of esters is 2. The second kappa shape index (κ2) is 21.0. The first-order chi connectivity index (χ1) is 29.3. The van der Waals surface area contributed by atoms with Gasteiger partial charge in [-0.25, -0.2) is 9.59 Å². The minimum absolute atomic E-state index is 0.306. The molecule has 0 fully saturated rings. The van der Waals surface area contributed by atoms with Crippen molar-refractivity contribution in [2.75, 3.05) is 26.4 Å². The largest absolute Gasteiger partial charge is 0.484 e. The van der Waals surface area contributed by atoms with E-state index in [2.05, 4.69) is 64.1 Å². The predicted octanol–water partition coefficient (Wildman–Crippen LogP) is 16.6. The fourth-order valence-electron chi connectivity index (χ4n) is 7.48. The van der Waals surface area contributed by atoms with Gasteiger partial charge in [0.1, 0.15) is 0 Å². The van der Waals surface area contributed by atoms with Crippen LogP contribution in [0.5, 0.6) is 10.1 Å². The van der Waals surface area contributed by atoms with Gasteiger partial charge in [-0.15, -0.1) is 45.3 Å². The Kier molecular flexibility index (Phi) is 15.6. The summed E-state index contributed by atoms with van der Waals surface area (Å²) in [4.78, 5) is 32.6. The Balaban J connectivity index is 1.43. The Morgan fingerprint density at radius 3 is 1.37 bits per heavy atom. The molecule has 60 heavy (non-hydrogen) atoms. The third-order valence-corrected chi connectivity index (χ3v) is 17.4. The van der Waals surface area contributed by atoms with Gasteiger partial charge in [-0.2, -0.15) is 0 Å². The third kappa shape index (κ3) is 9.74. The zero-order chi connectivity index (χ0) is 42.2. The molecule has 318 valence electrons. The van der Waals surface area contributed by atoms with Crippen LogP contribution >= 0.6 is 68.0 Å². The van der Waals surface area contributed by atoms with Crippen molar-refractivity contribution in [3.05, 3.63) is 70.4 Å². The van der Waals surface area contributed by atoms with Gasteiger partial charge in [-0.3, -0.25) is 0 Å². The van der Waals surface area contributed by atoms with Gasteiger partial charge in [0.2, 0.25) is 0 Å². The lowest BCUT2D eigenvalue weighted by atomic mass is 9.99. The Morgan fingerprint density at radius 2 is 0.983 bits per heavy atom. The summed E-state index contributed by atoms with van der Waals surface area (Å²) in [6.07, 6.45) is 9.32. The molecule has 7 rings (SSSR count). The van der Waals surface area contributed by atoms with Crippen molar-refractivity contribution in [3.8, 4) is 50.5 Å². The van der Waals surface area contributed by atoms with Crippen LogP contribution in [0.3, 0.4) is 0 Å². The van der Waals surface area contributed by atoms with E-state index in [4.69, 9.17) is 18.9 Å². The highest BCUT2D eigenvalue weighted by atomic mass is 32.1. The fourth-order valence-corrected chi connectivity index (χ4v) is 14.0. The molecule has 0 radical (unpaired) electrons. The van der Waals surface area contributed by atoms with Gasteiger partial charge in [0, 0.05) is 50.8 Å². The molecule has 0 saturated carbocycles. The van der Waals surface area contributed by atoms with Crippen LogP contribution in [-0.2, 0) is 9.47 Å². The van der Waals surface area contributed by atoms with E-state index >= 15 is 0 Å². The monoisotopic (exact) mass is 918 g/mol. The van der Waals surface area contributed by atoms with E-state index in [1.54, 1.807) is 68.0 Å². The van der Waals surface area contributed by atoms with Crippen molar-refractivity contribution in [1.82, 2.24) is 0 Å². The predicted molar refractivity (Wildman–Crippen MR) is 260 cm³/mol. The van der Waals surface area contributed by atoms with E-state index in [1.807, 2.05) is 36.7 Å². The molecule has 2 unspecified atom stereocenters. The third-order valence-electron chi connectivity index (χ3n) is 10.9. The van der Waals surface area contributed by atoms with Crippen LogP contribution in [0.15, 0.2) is 59.3 Å². The molecule has 0 aliphatic carbocycles. The Hall–Kier alpha value is -3.52. The number of benzene rings is 1. The number of hydrogen-bond donors (Lipinski definition) is 0. The number of ether oxygens (including phenoxy) is 4. The molecule has 2 atom stereocenters. The van der Waals surface area contributed by atoms with Crippen LogP contribution in [0.25, 0.3) is 60.6 Å². The molecular weight excluding hydrogens is 865 g/mol. The Bertz CT molecular complexity index is 2280. The van der Waals surface area contributed by atoms with Crippen molar-refractivity contribution >= 4 is 100 Å². The molecule has 1 aromatic carbocycles. The minimum atomic E-state index is -0.306. The molecule has 0 bridgehead atoms. The molecule has 0 aliphatic rings. The molecule has 0 aliphatic heterocycles. The molecule has 6 heterocycles. The second-order valence-electron chi connectivity index (χ2n) is 14.9. The van der Waals surface area contributed by atoms with Crippen LogP contribution < -0.4 is 9.47 Å². The maximum atomic E-state index is 13.2. The lowest BCUT2D eigenvalue weighted by Crippen LogP contribution is -2.10. The molecule has 6 nitrogen and oxygen atoms in total. The van der Waals surface area contributed by atoms with E-state index in [-0.39, 0.29) is 11.9 Å². The standard InChI is InChI=1S/C48H54O6S6/c1-7-13-15-29(9-3)27-53-39-19-17-35(57-39)41-33-25-37(43-31(21-23-55-43)47(49)51-11-5)60-46(33)42(36-18-20-40(58-36)54-28-30(10-4)16-14-8-2)34-26-38(59-45(34)41)44-32(22-24-56-44)48(50)52-12-6/h17-26,29-30H,7-16,27-28H2,1-6H3. The summed E-state index contributed by atoms with van der Waals surface area (Å²) in [5, 5.41) is 8.01. The van der Waals surface area contributed by atoms with Crippen LogP contribution in [0.2, 0.25) is 0 Å². The number of carbonyl (C=O) groups excluding carboxylic acids is 2. The van der Waals surface area contributed by atoms with Crippen LogP contribution in [-0.4, -0.2) is 38.4 Å². The molecule has 12 heteroatoms. The highest BCUT2D eigenvalue weighted by molar-refractivity contribution is 7.29. The highest BCUT2D eigenvalue weighted by Crippen LogP contribution is 2.56. The van der Waals surface area contributed by atoms with Crippen LogP contribution in [0.1, 0.15) is 114 Å². The van der Waals surface area contributed by atoms with Crippen molar-refractivity contribution < 1.29 is 28.5 Å². The van der Waals surface area contributed by atoms with Gasteiger partial charge in [0.25, 0.3) is 0 Å². The number of hydrogen-bond acceptors (Lipinski definition) is 12. The van der Waals surface area contributed by atoms with E-state index in [1.165, 1.54) is 38.5 Å². The number of rotatable bonds is 22. The average molecular weight is 919 g/mol. The van der Waals surface area contributed by atoms with Crippen molar-refractivity contribution in [1.29, 1.82) is 0 Å². The van der Waals surface area contributed by atoms with Crippen molar-refractivity contribution in [2.24, 2.45) is 11.8 Å². The van der Waals surface area contributed by atoms with Gasteiger partial charge in [0.05, 0.1) is 47.3 Å². The summed E-state index contributed by atoms with van der Waals surface area (Å²) >= 11 is 9.94. The summed E-state index contributed by atoms with van der Waals surface area (Å²) in [5.41, 5.74) is 3.45. The molecule has 0 spiro atoms. The number of carbonyl (C=O) groups is 2. The van der Waals surface area contributed by atoms with E-state index in [0.717, 1.165) is 83.5 Å². The highest BCUT2D eigenvalue weighted by Gasteiger charge is 2.27. The summed E-state index contributed by atoms with van der Waals surface area (Å²) in [5.74, 6) is 0.434. The zero-order valence-corrected chi connectivity index (χ0v) is 40.2. The normalized spacial score (nSPS) is 12.6. The maximum Gasteiger partial charge on any atom is 0.339 e. The SMILES string of the molecule is CCCCC(CC)COc1ccc(-c2c3cc(-c4sccc4C(=O)OCC)sc3c(-c3ccc(OCC(CC)CCCC)s3)c3cc(-c4sccc4C(=O)OCC)sc23)s1. The number of fused-ring (bicyclic) bond motifs is 2. The van der Waals surface area contributed by atoms with Crippen LogP contribution in [0.4, 0.5) is 0 Å². The average Bonchev–Trinajstić information content (AvgIpc) is 4.11. The van der Waals surface area contributed by atoms with Gasteiger partial charge >= 0.3 is 11.9 Å². The Labute approximate surface area is 378 Å². The van der Waals surface area contributed by atoms with E-state index in [0.29, 0.717) is 49.4 Å². The van der Waals surface area contributed by atoms with Gasteiger partial charge in [-0.1, -0.05) is 88.9 Å². The van der Waals surface area contributed by atoms with Crippen molar-refractivity contribution in [3.63, 3.8) is 0 Å². The zero-order valence-electron chi connectivity index (χ0n) is 35.3. The topological polar surface area (TPSA) is 71.1 Å². The molecule has 0 amide bonds. The molecule has 0 N–H and O–H groups in total. The molecule has 0 saturated heterocycles. The van der Waals surface area contributed by atoms with Gasteiger partial charge in [-0.05, 0) is 97.8 Å². The molecular formula is C48H54O6S6. The number of unbranched alkanes of at least 4 members (excludes halogenated alkanes) is 2. The Morgan fingerprint density at radius 1 is 0.550 bits per heavy atom.